The van der Waals surface area contributed by atoms with Gasteiger partial charge in [0.15, 0.2) is 0 Å². The van der Waals surface area contributed by atoms with Crippen molar-refractivity contribution in [3.63, 3.8) is 0 Å². The van der Waals surface area contributed by atoms with Crippen LogP contribution >= 0.6 is 11.6 Å². The van der Waals surface area contributed by atoms with Crippen LogP contribution in [0.25, 0.3) is 0 Å². The van der Waals surface area contributed by atoms with Crippen LogP contribution in [-0.2, 0) is 0 Å². The van der Waals surface area contributed by atoms with Gasteiger partial charge < -0.3 is 5.32 Å². The van der Waals surface area contributed by atoms with Crippen LogP contribution in [-0.4, -0.2) is 18.5 Å². The van der Waals surface area contributed by atoms with Crippen LogP contribution in [0.1, 0.15) is 33.1 Å². The van der Waals surface area contributed by atoms with Gasteiger partial charge in [-0.25, -0.2) is 0 Å². The molecule has 0 aliphatic heterocycles. The second-order valence-corrected chi connectivity index (χ2v) is 3.18. The number of halogens is 1. The molecule has 0 fully saturated rings. The zero-order chi connectivity index (χ0) is 7.82. The third-order valence-corrected chi connectivity index (χ3v) is 1.98. The summed E-state index contributed by atoms with van der Waals surface area (Å²) in [5.41, 5.74) is 0. The van der Waals surface area contributed by atoms with Crippen molar-refractivity contribution >= 4 is 11.6 Å². The Morgan fingerprint density at radius 3 is 2.60 bits per heavy atom. The van der Waals surface area contributed by atoms with Gasteiger partial charge in [0.2, 0.25) is 0 Å². The van der Waals surface area contributed by atoms with Gasteiger partial charge in [-0.2, -0.15) is 0 Å². The maximum absolute atomic E-state index is 5.88. The molecule has 1 N–H and O–H groups in total. The smallest absolute Gasteiger partial charge is 0.0458 e. The first kappa shape index (κ1) is 10.2. The normalized spacial score (nSPS) is 13.5. The molecule has 0 rings (SSSR count). The number of unbranched alkanes of at least 4 members (excludes halogenated alkanes) is 1. The topological polar surface area (TPSA) is 12.0 Å². The lowest BCUT2D eigenvalue weighted by Gasteiger charge is -2.06. The molecular weight excluding hydrogens is 146 g/mol. The van der Waals surface area contributed by atoms with E-state index in [1.165, 1.54) is 12.8 Å². The van der Waals surface area contributed by atoms with E-state index in [2.05, 4.69) is 19.2 Å². The highest BCUT2D eigenvalue weighted by Gasteiger charge is 1.97. The van der Waals surface area contributed by atoms with Gasteiger partial charge in [0, 0.05) is 11.9 Å². The summed E-state index contributed by atoms with van der Waals surface area (Å²) >= 11 is 5.88. The minimum atomic E-state index is 0.317. The van der Waals surface area contributed by atoms with E-state index >= 15 is 0 Å². The molecule has 2 heteroatoms. The van der Waals surface area contributed by atoms with E-state index in [4.69, 9.17) is 11.6 Å². The molecule has 0 saturated carbocycles. The fourth-order valence-electron chi connectivity index (χ4n) is 0.705. The highest BCUT2D eigenvalue weighted by molar-refractivity contribution is 6.20. The Balaban J connectivity index is 2.89. The molecule has 0 aromatic rings. The average molecular weight is 164 g/mol. The standard InChI is InChI=1S/C8H18ClN/c1-3-5-6-10-7-8(9)4-2/h8,10H,3-7H2,1-2H3. The van der Waals surface area contributed by atoms with Gasteiger partial charge in [-0.1, -0.05) is 20.3 Å². The quantitative estimate of drug-likeness (QED) is 0.469. The zero-order valence-electron chi connectivity index (χ0n) is 6.99. The fraction of sp³-hybridized carbons (Fsp3) is 1.00. The van der Waals surface area contributed by atoms with E-state index in [1.54, 1.807) is 0 Å². The van der Waals surface area contributed by atoms with E-state index in [-0.39, 0.29) is 0 Å². The Hall–Kier alpha value is 0.250. The number of rotatable bonds is 6. The summed E-state index contributed by atoms with van der Waals surface area (Å²) in [6.45, 7) is 6.37. The van der Waals surface area contributed by atoms with Gasteiger partial charge in [0.1, 0.15) is 0 Å². The Kier molecular flexibility index (Phi) is 7.54. The maximum atomic E-state index is 5.88. The molecule has 1 atom stereocenters. The molecule has 10 heavy (non-hydrogen) atoms. The largest absolute Gasteiger partial charge is 0.315 e. The van der Waals surface area contributed by atoms with Crippen molar-refractivity contribution in [3.8, 4) is 0 Å². The first-order chi connectivity index (χ1) is 4.81. The summed E-state index contributed by atoms with van der Waals surface area (Å²) in [7, 11) is 0. The van der Waals surface area contributed by atoms with Gasteiger partial charge in [-0.3, -0.25) is 0 Å². The summed E-state index contributed by atoms with van der Waals surface area (Å²) in [5, 5.41) is 3.62. The first-order valence-electron chi connectivity index (χ1n) is 4.16. The Morgan fingerprint density at radius 1 is 1.40 bits per heavy atom. The van der Waals surface area contributed by atoms with Crippen molar-refractivity contribution in [2.45, 2.75) is 38.5 Å². The molecule has 0 aliphatic rings. The SMILES string of the molecule is CCCCNCC(Cl)CC. The van der Waals surface area contributed by atoms with Crippen LogP contribution in [0.3, 0.4) is 0 Å². The Morgan fingerprint density at radius 2 is 2.10 bits per heavy atom. The summed E-state index contributed by atoms with van der Waals surface area (Å²) in [6.07, 6.45) is 3.57. The van der Waals surface area contributed by atoms with Crippen molar-refractivity contribution in [3.05, 3.63) is 0 Å². The minimum absolute atomic E-state index is 0.317. The second kappa shape index (κ2) is 7.36. The molecule has 0 radical (unpaired) electrons. The molecule has 0 amide bonds. The molecule has 1 nitrogen and oxygen atoms in total. The molecule has 1 unspecified atom stereocenters. The van der Waals surface area contributed by atoms with Gasteiger partial charge in [0.05, 0.1) is 0 Å². The predicted molar refractivity (Wildman–Crippen MR) is 47.7 cm³/mol. The van der Waals surface area contributed by atoms with Crippen LogP contribution < -0.4 is 5.32 Å². The number of hydrogen-bond acceptors (Lipinski definition) is 1. The molecule has 0 aliphatic carbocycles. The molecule has 0 spiro atoms. The monoisotopic (exact) mass is 163 g/mol. The van der Waals surface area contributed by atoms with Crippen molar-refractivity contribution in [1.29, 1.82) is 0 Å². The van der Waals surface area contributed by atoms with Crippen molar-refractivity contribution in [2.75, 3.05) is 13.1 Å². The lowest BCUT2D eigenvalue weighted by molar-refractivity contribution is 0.616. The van der Waals surface area contributed by atoms with Gasteiger partial charge in [0.25, 0.3) is 0 Å². The first-order valence-corrected chi connectivity index (χ1v) is 4.59. The van der Waals surface area contributed by atoms with E-state index in [0.29, 0.717) is 5.38 Å². The van der Waals surface area contributed by atoms with E-state index in [0.717, 1.165) is 19.5 Å². The number of hydrogen-bond donors (Lipinski definition) is 1. The van der Waals surface area contributed by atoms with Crippen molar-refractivity contribution in [2.24, 2.45) is 0 Å². The van der Waals surface area contributed by atoms with Crippen LogP contribution in [0.5, 0.6) is 0 Å². The van der Waals surface area contributed by atoms with Crippen LogP contribution in [0.15, 0.2) is 0 Å². The van der Waals surface area contributed by atoms with E-state index in [1.807, 2.05) is 0 Å². The third kappa shape index (κ3) is 6.37. The van der Waals surface area contributed by atoms with Crippen LogP contribution in [0.2, 0.25) is 0 Å². The highest BCUT2D eigenvalue weighted by Crippen LogP contribution is 1.97. The summed E-state index contributed by atoms with van der Waals surface area (Å²) in [5.74, 6) is 0. The average Bonchev–Trinajstić information content (AvgIpc) is 1.98. The molecule has 0 aromatic carbocycles. The van der Waals surface area contributed by atoms with Gasteiger partial charge in [-0.05, 0) is 19.4 Å². The Labute approximate surface area is 69.1 Å². The third-order valence-electron chi connectivity index (χ3n) is 1.52. The summed E-state index contributed by atoms with van der Waals surface area (Å²) in [6, 6.07) is 0. The summed E-state index contributed by atoms with van der Waals surface area (Å²) in [4.78, 5) is 0. The number of alkyl halides is 1. The fourth-order valence-corrected chi connectivity index (χ4v) is 0.814. The van der Waals surface area contributed by atoms with Crippen LogP contribution in [0.4, 0.5) is 0 Å². The Bertz CT molecular complexity index is 66.3. The summed E-state index contributed by atoms with van der Waals surface area (Å²) < 4.78 is 0. The van der Waals surface area contributed by atoms with E-state index < -0.39 is 0 Å². The molecule has 0 heterocycles. The molecule has 62 valence electrons. The zero-order valence-corrected chi connectivity index (χ0v) is 7.75. The van der Waals surface area contributed by atoms with Crippen molar-refractivity contribution < 1.29 is 0 Å². The van der Waals surface area contributed by atoms with Gasteiger partial charge >= 0.3 is 0 Å². The molecular formula is C8H18ClN. The lowest BCUT2D eigenvalue weighted by atomic mass is 10.3. The van der Waals surface area contributed by atoms with Gasteiger partial charge in [-0.15, -0.1) is 11.6 Å². The van der Waals surface area contributed by atoms with E-state index in [9.17, 15) is 0 Å². The minimum Gasteiger partial charge on any atom is -0.315 e. The predicted octanol–water partition coefficient (Wildman–Crippen LogP) is 2.39. The van der Waals surface area contributed by atoms with Crippen molar-refractivity contribution in [1.82, 2.24) is 5.32 Å². The molecule has 0 bridgehead atoms. The molecule has 0 aromatic heterocycles. The lowest BCUT2D eigenvalue weighted by Crippen LogP contribution is -2.23. The number of nitrogens with one attached hydrogen (secondary N) is 1. The second-order valence-electron chi connectivity index (χ2n) is 2.56. The molecule has 0 saturated heterocycles. The van der Waals surface area contributed by atoms with Crippen LogP contribution in [0, 0.1) is 0 Å². The highest BCUT2D eigenvalue weighted by atomic mass is 35.5. The maximum Gasteiger partial charge on any atom is 0.0458 e.